The molecule has 0 unspecified atom stereocenters. The third-order valence-electron chi connectivity index (χ3n) is 6.04. The lowest BCUT2D eigenvalue weighted by atomic mass is 10.1. The molecule has 5 nitrogen and oxygen atoms in total. The fraction of sp³-hybridized carbons (Fsp3) is 0.148. The molecule has 0 fully saturated rings. The first-order valence-electron chi connectivity index (χ1n) is 10.9. The van der Waals surface area contributed by atoms with Gasteiger partial charge in [0.05, 0.1) is 10.6 Å². The van der Waals surface area contributed by atoms with Gasteiger partial charge in [-0.25, -0.2) is 8.42 Å². The van der Waals surface area contributed by atoms with Gasteiger partial charge in [0, 0.05) is 18.5 Å². The van der Waals surface area contributed by atoms with Crippen LogP contribution in [0, 0.1) is 0 Å². The van der Waals surface area contributed by atoms with Gasteiger partial charge in [-0.2, -0.15) is 0 Å². The highest BCUT2D eigenvalue weighted by molar-refractivity contribution is 7.93. The van der Waals surface area contributed by atoms with Crippen LogP contribution in [0.5, 0.6) is 0 Å². The molecule has 0 saturated heterocycles. The van der Waals surface area contributed by atoms with Crippen molar-refractivity contribution in [2.45, 2.75) is 17.9 Å². The Morgan fingerprint density at radius 3 is 2.09 bits per heavy atom. The lowest BCUT2D eigenvalue weighted by Gasteiger charge is -2.26. The highest BCUT2D eigenvalue weighted by atomic mass is 32.2. The van der Waals surface area contributed by atoms with Crippen molar-refractivity contribution in [2.24, 2.45) is 0 Å². The summed E-state index contributed by atoms with van der Waals surface area (Å²) in [6.07, 6.45) is 0.696. The SMILES string of the molecule is O=C(CN1c2cccc3cccc(c23)S1(=O)=O)N(CCc1ccccc1)Cc1ccccc1. The number of hydrogen-bond donors (Lipinski definition) is 0. The van der Waals surface area contributed by atoms with Gasteiger partial charge in [0.2, 0.25) is 5.91 Å². The topological polar surface area (TPSA) is 57.7 Å². The van der Waals surface area contributed by atoms with E-state index in [1.807, 2.05) is 78.9 Å². The fourth-order valence-electron chi connectivity index (χ4n) is 4.36. The smallest absolute Gasteiger partial charge is 0.265 e. The first kappa shape index (κ1) is 21.2. The van der Waals surface area contributed by atoms with E-state index in [9.17, 15) is 13.2 Å². The van der Waals surface area contributed by atoms with E-state index in [0.29, 0.717) is 30.6 Å². The van der Waals surface area contributed by atoms with E-state index >= 15 is 0 Å². The summed E-state index contributed by atoms with van der Waals surface area (Å²) in [5.41, 5.74) is 2.71. The molecular weight excluding hydrogens is 432 g/mol. The van der Waals surface area contributed by atoms with Crippen LogP contribution in [0.4, 0.5) is 5.69 Å². The van der Waals surface area contributed by atoms with Crippen molar-refractivity contribution >= 4 is 32.4 Å². The lowest BCUT2D eigenvalue weighted by Crippen LogP contribution is -2.42. The van der Waals surface area contributed by atoms with Gasteiger partial charge in [0.1, 0.15) is 6.54 Å². The fourth-order valence-corrected chi connectivity index (χ4v) is 6.02. The summed E-state index contributed by atoms with van der Waals surface area (Å²) in [6, 6.07) is 30.5. The molecule has 0 saturated carbocycles. The van der Waals surface area contributed by atoms with Crippen molar-refractivity contribution in [1.82, 2.24) is 4.90 Å². The van der Waals surface area contributed by atoms with Gasteiger partial charge in [0.15, 0.2) is 0 Å². The zero-order valence-corrected chi connectivity index (χ0v) is 18.9. The standard InChI is InChI=1S/C27H24N2O3S/c30-26(20-29-24-15-7-13-23-14-8-16-25(27(23)24)33(29,31)32)28(19-22-11-5-2-6-12-22)18-17-21-9-3-1-4-10-21/h1-16H,17-20H2. The third-order valence-corrected chi connectivity index (χ3v) is 7.84. The minimum atomic E-state index is -3.78. The molecule has 1 amide bonds. The van der Waals surface area contributed by atoms with Crippen LogP contribution in [0.1, 0.15) is 11.1 Å². The van der Waals surface area contributed by atoms with Crippen molar-refractivity contribution in [3.05, 3.63) is 108 Å². The zero-order chi connectivity index (χ0) is 22.8. The number of hydrogen-bond acceptors (Lipinski definition) is 3. The average molecular weight is 457 g/mol. The molecule has 1 aliphatic rings. The molecule has 1 aliphatic heterocycles. The van der Waals surface area contributed by atoms with Crippen LogP contribution in [0.25, 0.3) is 10.8 Å². The Labute approximate surface area is 193 Å². The minimum Gasteiger partial charge on any atom is -0.336 e. The van der Waals surface area contributed by atoms with Crippen molar-refractivity contribution in [3.63, 3.8) is 0 Å². The van der Waals surface area contributed by atoms with Crippen LogP contribution in [0.3, 0.4) is 0 Å². The first-order valence-corrected chi connectivity index (χ1v) is 12.4. The van der Waals surface area contributed by atoms with Crippen LogP contribution < -0.4 is 4.31 Å². The second-order valence-electron chi connectivity index (χ2n) is 8.18. The van der Waals surface area contributed by atoms with E-state index in [1.165, 1.54) is 4.31 Å². The molecule has 0 spiro atoms. The lowest BCUT2D eigenvalue weighted by molar-refractivity contribution is -0.130. The quantitative estimate of drug-likeness (QED) is 0.408. The predicted octanol–water partition coefficient (Wildman–Crippen LogP) is 4.62. The Bertz CT molecular complexity index is 1400. The van der Waals surface area contributed by atoms with E-state index in [-0.39, 0.29) is 17.3 Å². The highest BCUT2D eigenvalue weighted by Crippen LogP contribution is 2.41. The predicted molar refractivity (Wildman–Crippen MR) is 130 cm³/mol. The molecule has 0 aliphatic carbocycles. The Morgan fingerprint density at radius 2 is 1.39 bits per heavy atom. The van der Waals surface area contributed by atoms with Crippen molar-refractivity contribution < 1.29 is 13.2 Å². The van der Waals surface area contributed by atoms with Crippen LogP contribution in [0.2, 0.25) is 0 Å². The number of anilines is 1. The summed E-state index contributed by atoms with van der Waals surface area (Å²) >= 11 is 0. The molecule has 0 bridgehead atoms. The molecule has 4 aromatic rings. The van der Waals surface area contributed by atoms with Gasteiger partial charge in [-0.05, 0) is 35.1 Å². The normalized spacial score (nSPS) is 13.9. The number of benzene rings is 4. The molecule has 0 radical (unpaired) electrons. The summed E-state index contributed by atoms with van der Waals surface area (Å²) in [6.45, 7) is 0.706. The van der Waals surface area contributed by atoms with Crippen LogP contribution in [0.15, 0.2) is 102 Å². The Balaban J connectivity index is 1.43. The molecule has 6 heteroatoms. The molecule has 0 atom stereocenters. The van der Waals surface area contributed by atoms with Gasteiger partial charge in [-0.3, -0.25) is 9.10 Å². The number of sulfonamides is 1. The molecule has 166 valence electrons. The number of amides is 1. The summed E-state index contributed by atoms with van der Waals surface area (Å²) in [4.78, 5) is 15.5. The summed E-state index contributed by atoms with van der Waals surface area (Å²) in [5, 5.41) is 1.54. The Kier molecular flexibility index (Phi) is 5.60. The molecule has 4 aromatic carbocycles. The van der Waals surface area contributed by atoms with Gasteiger partial charge in [0.25, 0.3) is 10.0 Å². The van der Waals surface area contributed by atoms with Gasteiger partial charge >= 0.3 is 0 Å². The molecule has 33 heavy (non-hydrogen) atoms. The van der Waals surface area contributed by atoms with E-state index in [4.69, 9.17) is 0 Å². The summed E-state index contributed by atoms with van der Waals surface area (Å²) in [5.74, 6) is -0.219. The molecule has 0 N–H and O–H groups in total. The van der Waals surface area contributed by atoms with Gasteiger partial charge in [-0.1, -0.05) is 84.9 Å². The Morgan fingerprint density at radius 1 is 0.758 bits per heavy atom. The zero-order valence-electron chi connectivity index (χ0n) is 18.1. The van der Waals surface area contributed by atoms with E-state index in [1.54, 1.807) is 23.1 Å². The number of nitrogens with zero attached hydrogens (tertiary/aromatic N) is 2. The maximum atomic E-state index is 13.5. The van der Waals surface area contributed by atoms with E-state index in [2.05, 4.69) is 0 Å². The van der Waals surface area contributed by atoms with E-state index < -0.39 is 10.0 Å². The summed E-state index contributed by atoms with van der Waals surface area (Å²) < 4.78 is 27.9. The summed E-state index contributed by atoms with van der Waals surface area (Å²) in [7, 11) is -3.78. The van der Waals surface area contributed by atoms with Gasteiger partial charge in [-0.15, -0.1) is 0 Å². The van der Waals surface area contributed by atoms with Crippen LogP contribution >= 0.6 is 0 Å². The maximum absolute atomic E-state index is 13.5. The van der Waals surface area contributed by atoms with Crippen LogP contribution in [-0.2, 0) is 27.8 Å². The largest absolute Gasteiger partial charge is 0.336 e. The molecule has 5 rings (SSSR count). The first-order chi connectivity index (χ1) is 16.0. The second-order valence-corrected chi connectivity index (χ2v) is 10.0. The average Bonchev–Trinajstić information content (AvgIpc) is 3.06. The maximum Gasteiger partial charge on any atom is 0.265 e. The minimum absolute atomic E-state index is 0.219. The Hall–Kier alpha value is -3.64. The monoisotopic (exact) mass is 456 g/mol. The van der Waals surface area contributed by atoms with Crippen molar-refractivity contribution in [3.8, 4) is 0 Å². The van der Waals surface area contributed by atoms with Crippen LogP contribution in [-0.4, -0.2) is 32.3 Å². The molecular formula is C27H24N2O3S. The number of rotatable bonds is 7. The van der Waals surface area contributed by atoms with E-state index in [0.717, 1.165) is 16.5 Å². The third kappa shape index (κ3) is 4.10. The van der Waals surface area contributed by atoms with Crippen molar-refractivity contribution in [1.29, 1.82) is 0 Å². The number of carbonyl (C=O) groups excluding carboxylic acids is 1. The molecule has 0 aromatic heterocycles. The van der Waals surface area contributed by atoms with Crippen molar-refractivity contribution in [2.75, 3.05) is 17.4 Å². The second kappa shape index (κ2) is 8.71. The van der Waals surface area contributed by atoms with Gasteiger partial charge < -0.3 is 4.90 Å². The highest BCUT2D eigenvalue weighted by Gasteiger charge is 2.37. The molecule has 1 heterocycles. The number of carbonyl (C=O) groups is 1.